The molecule has 94 valence electrons. The normalized spacial score (nSPS) is 22.8. The van der Waals surface area contributed by atoms with Crippen LogP contribution in [0.1, 0.15) is 19.5 Å². The summed E-state index contributed by atoms with van der Waals surface area (Å²) in [6, 6.07) is 6.49. The van der Waals surface area contributed by atoms with Gasteiger partial charge in [-0.2, -0.15) is 0 Å². The van der Waals surface area contributed by atoms with Crippen LogP contribution in [0.15, 0.2) is 18.2 Å². The molecule has 0 aromatic carbocycles. The zero-order chi connectivity index (χ0) is 12.3. The smallest absolute Gasteiger partial charge is 0.123 e. The van der Waals surface area contributed by atoms with E-state index in [-0.39, 0.29) is 0 Å². The Morgan fingerprint density at radius 3 is 2.88 bits per heavy atom. The molecule has 1 aromatic heterocycles. The highest BCUT2D eigenvalue weighted by molar-refractivity contribution is 5.28. The minimum absolute atomic E-state index is 0.614. The summed E-state index contributed by atoms with van der Waals surface area (Å²) in [6.07, 6.45) is 0. The predicted molar refractivity (Wildman–Crippen MR) is 70.6 cm³/mol. The molecule has 4 nitrogen and oxygen atoms in total. The van der Waals surface area contributed by atoms with Crippen molar-refractivity contribution < 1.29 is 0 Å². The Balaban J connectivity index is 1.93. The molecule has 17 heavy (non-hydrogen) atoms. The van der Waals surface area contributed by atoms with Crippen molar-refractivity contribution in [3.8, 4) is 0 Å². The molecule has 0 aliphatic carbocycles. The average Bonchev–Trinajstić information content (AvgIpc) is 2.29. The number of hydrogen-bond donors (Lipinski definition) is 1. The molecule has 1 aromatic rings. The van der Waals surface area contributed by atoms with Crippen LogP contribution >= 0.6 is 0 Å². The lowest BCUT2D eigenvalue weighted by molar-refractivity contribution is 0.0827. The Morgan fingerprint density at radius 1 is 1.41 bits per heavy atom. The number of nitrogens with zero attached hydrogens (tertiary/aromatic N) is 3. The van der Waals surface area contributed by atoms with Crippen molar-refractivity contribution in [3.05, 3.63) is 23.9 Å². The van der Waals surface area contributed by atoms with E-state index >= 15 is 0 Å². The number of anilines is 1. The van der Waals surface area contributed by atoms with E-state index in [0.717, 1.165) is 38.4 Å². The standard InChI is InChI=1S/C13H22N4/c1-3-17-8-7-16(9-11(17)2)10-12-5-4-6-13(14)15-12/h4-6,11H,3,7-10H2,1-2H3,(H2,14,15). The average molecular weight is 234 g/mol. The fraction of sp³-hybridized carbons (Fsp3) is 0.615. The van der Waals surface area contributed by atoms with E-state index in [1.54, 1.807) is 0 Å². The van der Waals surface area contributed by atoms with Crippen LogP contribution in [-0.4, -0.2) is 47.0 Å². The number of pyridine rings is 1. The van der Waals surface area contributed by atoms with Gasteiger partial charge in [-0.1, -0.05) is 13.0 Å². The molecule has 4 heteroatoms. The number of likely N-dealkylation sites (N-methyl/N-ethyl adjacent to an activating group) is 1. The van der Waals surface area contributed by atoms with Crippen molar-refractivity contribution in [1.82, 2.24) is 14.8 Å². The van der Waals surface area contributed by atoms with Crippen LogP contribution in [0.25, 0.3) is 0 Å². The van der Waals surface area contributed by atoms with Crippen molar-refractivity contribution in [2.45, 2.75) is 26.4 Å². The van der Waals surface area contributed by atoms with Crippen molar-refractivity contribution >= 4 is 5.82 Å². The maximum Gasteiger partial charge on any atom is 0.123 e. The molecule has 0 amide bonds. The molecule has 1 aliphatic rings. The highest BCUT2D eigenvalue weighted by Crippen LogP contribution is 2.12. The molecule has 0 saturated carbocycles. The highest BCUT2D eigenvalue weighted by atomic mass is 15.3. The summed E-state index contributed by atoms with van der Waals surface area (Å²) in [4.78, 5) is 9.33. The monoisotopic (exact) mass is 234 g/mol. The molecule has 1 fully saturated rings. The van der Waals surface area contributed by atoms with Gasteiger partial charge in [-0.3, -0.25) is 9.80 Å². The van der Waals surface area contributed by atoms with Crippen LogP contribution in [0.4, 0.5) is 5.82 Å². The lowest BCUT2D eigenvalue weighted by Crippen LogP contribution is -2.51. The van der Waals surface area contributed by atoms with Gasteiger partial charge in [0, 0.05) is 32.2 Å². The summed E-state index contributed by atoms with van der Waals surface area (Å²) in [5.41, 5.74) is 6.77. The van der Waals surface area contributed by atoms with Crippen molar-refractivity contribution in [2.75, 3.05) is 31.9 Å². The summed E-state index contributed by atoms with van der Waals surface area (Å²) >= 11 is 0. The molecule has 0 bridgehead atoms. The number of rotatable bonds is 3. The molecule has 1 aliphatic heterocycles. The Labute approximate surface area is 103 Å². The first-order valence-corrected chi connectivity index (χ1v) is 6.37. The third kappa shape index (κ3) is 3.17. The minimum atomic E-state index is 0.614. The van der Waals surface area contributed by atoms with E-state index in [4.69, 9.17) is 5.73 Å². The van der Waals surface area contributed by atoms with Crippen LogP contribution < -0.4 is 5.73 Å². The largest absolute Gasteiger partial charge is 0.384 e. The van der Waals surface area contributed by atoms with Gasteiger partial charge in [0.25, 0.3) is 0 Å². The molecular formula is C13H22N4. The third-order valence-corrected chi connectivity index (χ3v) is 3.47. The zero-order valence-corrected chi connectivity index (χ0v) is 10.8. The first-order valence-electron chi connectivity index (χ1n) is 6.37. The van der Waals surface area contributed by atoms with E-state index in [1.807, 2.05) is 18.2 Å². The maximum atomic E-state index is 5.70. The van der Waals surface area contributed by atoms with Gasteiger partial charge in [-0.25, -0.2) is 4.98 Å². The molecule has 0 spiro atoms. The van der Waals surface area contributed by atoms with Gasteiger partial charge in [-0.15, -0.1) is 0 Å². The molecule has 2 N–H and O–H groups in total. The summed E-state index contributed by atoms with van der Waals surface area (Å²) in [6.45, 7) is 9.96. The van der Waals surface area contributed by atoms with Crippen molar-refractivity contribution in [1.29, 1.82) is 0 Å². The van der Waals surface area contributed by atoms with E-state index in [1.165, 1.54) is 0 Å². The first kappa shape index (κ1) is 12.3. The van der Waals surface area contributed by atoms with Gasteiger partial charge in [0.2, 0.25) is 0 Å². The van der Waals surface area contributed by atoms with Gasteiger partial charge in [0.05, 0.1) is 5.69 Å². The number of nitrogens with two attached hydrogens (primary N) is 1. The van der Waals surface area contributed by atoms with Crippen LogP contribution in [0.3, 0.4) is 0 Å². The van der Waals surface area contributed by atoms with Gasteiger partial charge in [-0.05, 0) is 25.6 Å². The lowest BCUT2D eigenvalue weighted by Gasteiger charge is -2.39. The van der Waals surface area contributed by atoms with Crippen LogP contribution in [0.5, 0.6) is 0 Å². The van der Waals surface area contributed by atoms with Gasteiger partial charge < -0.3 is 5.73 Å². The topological polar surface area (TPSA) is 45.4 Å². The number of hydrogen-bond acceptors (Lipinski definition) is 4. The van der Waals surface area contributed by atoms with Gasteiger partial charge in [0.1, 0.15) is 5.82 Å². The van der Waals surface area contributed by atoms with Crippen LogP contribution in [-0.2, 0) is 6.54 Å². The molecular weight excluding hydrogens is 212 g/mol. The SMILES string of the molecule is CCN1CCN(Cc2cccc(N)n2)CC1C. The second-order valence-electron chi connectivity index (χ2n) is 4.77. The van der Waals surface area contributed by atoms with E-state index in [0.29, 0.717) is 11.9 Å². The molecule has 2 rings (SSSR count). The molecule has 1 saturated heterocycles. The second kappa shape index (κ2) is 5.47. The summed E-state index contributed by atoms with van der Waals surface area (Å²) in [5, 5.41) is 0. The zero-order valence-electron chi connectivity index (χ0n) is 10.8. The molecule has 1 atom stereocenters. The minimum Gasteiger partial charge on any atom is -0.384 e. The molecule has 0 radical (unpaired) electrons. The Kier molecular flexibility index (Phi) is 3.97. The summed E-state index contributed by atoms with van der Waals surface area (Å²) in [7, 11) is 0. The van der Waals surface area contributed by atoms with Gasteiger partial charge >= 0.3 is 0 Å². The lowest BCUT2D eigenvalue weighted by atomic mass is 10.2. The van der Waals surface area contributed by atoms with E-state index < -0.39 is 0 Å². The molecule has 1 unspecified atom stereocenters. The number of aromatic nitrogens is 1. The van der Waals surface area contributed by atoms with Crippen LogP contribution in [0.2, 0.25) is 0 Å². The predicted octanol–water partition coefficient (Wildman–Crippen LogP) is 1.19. The maximum absolute atomic E-state index is 5.70. The quantitative estimate of drug-likeness (QED) is 0.853. The Morgan fingerprint density at radius 2 is 2.24 bits per heavy atom. The second-order valence-corrected chi connectivity index (χ2v) is 4.77. The number of piperazine rings is 1. The number of nitrogen functional groups attached to an aromatic ring is 1. The molecule has 2 heterocycles. The van der Waals surface area contributed by atoms with Crippen molar-refractivity contribution in [3.63, 3.8) is 0 Å². The van der Waals surface area contributed by atoms with E-state index in [9.17, 15) is 0 Å². The van der Waals surface area contributed by atoms with E-state index in [2.05, 4.69) is 28.6 Å². The van der Waals surface area contributed by atoms with Crippen LogP contribution in [0, 0.1) is 0 Å². The Bertz CT molecular complexity index is 366. The van der Waals surface area contributed by atoms with Gasteiger partial charge in [0.15, 0.2) is 0 Å². The summed E-state index contributed by atoms with van der Waals surface area (Å²) < 4.78 is 0. The third-order valence-electron chi connectivity index (χ3n) is 3.47. The van der Waals surface area contributed by atoms with Crippen molar-refractivity contribution in [2.24, 2.45) is 0 Å². The fourth-order valence-corrected chi connectivity index (χ4v) is 2.50. The summed E-state index contributed by atoms with van der Waals surface area (Å²) in [5.74, 6) is 0.614. The Hall–Kier alpha value is -1.13. The first-order chi connectivity index (χ1) is 8.19. The highest BCUT2D eigenvalue weighted by Gasteiger charge is 2.22. The fourth-order valence-electron chi connectivity index (χ4n) is 2.50.